The second-order valence-corrected chi connectivity index (χ2v) is 6.49. The van der Waals surface area contributed by atoms with Gasteiger partial charge in [0.15, 0.2) is 5.78 Å². The van der Waals surface area contributed by atoms with E-state index in [2.05, 4.69) is 15.3 Å². The highest BCUT2D eigenvalue weighted by Crippen LogP contribution is 2.33. The lowest BCUT2D eigenvalue weighted by atomic mass is 9.84. The van der Waals surface area contributed by atoms with Crippen molar-refractivity contribution in [3.05, 3.63) is 70.9 Å². The number of anilines is 2. The van der Waals surface area contributed by atoms with Crippen molar-refractivity contribution >= 4 is 17.4 Å². The molecule has 1 N–H and O–H groups in total. The molecule has 126 valence electrons. The van der Waals surface area contributed by atoms with E-state index in [1.807, 2.05) is 50.2 Å². The molecule has 5 nitrogen and oxygen atoms in total. The fourth-order valence-electron chi connectivity index (χ4n) is 3.32. The molecule has 1 aliphatic rings. The molecule has 2 heterocycles. The molecular weight excluding hydrogens is 314 g/mol. The fraction of sp³-hybridized carbons (Fsp3) is 0.250. The van der Waals surface area contributed by atoms with Crippen molar-refractivity contribution in [1.29, 1.82) is 0 Å². The summed E-state index contributed by atoms with van der Waals surface area (Å²) >= 11 is 0. The molecule has 3 aromatic rings. The van der Waals surface area contributed by atoms with Gasteiger partial charge in [0.05, 0.1) is 23.2 Å². The molecule has 25 heavy (non-hydrogen) atoms. The van der Waals surface area contributed by atoms with Gasteiger partial charge in [-0.25, -0.2) is 9.97 Å². The summed E-state index contributed by atoms with van der Waals surface area (Å²) in [6.45, 7) is 3.91. The first-order chi connectivity index (χ1) is 12.1. The lowest BCUT2D eigenvalue weighted by Gasteiger charge is -2.23. The lowest BCUT2D eigenvalue weighted by Crippen LogP contribution is -2.22. The van der Waals surface area contributed by atoms with Gasteiger partial charge in [-0.3, -0.25) is 4.79 Å². The van der Waals surface area contributed by atoms with Crippen LogP contribution in [0, 0.1) is 13.8 Å². The Hall–Kier alpha value is -2.95. The van der Waals surface area contributed by atoms with Crippen molar-refractivity contribution < 1.29 is 9.21 Å². The molecule has 0 aliphatic heterocycles. The number of hydrogen-bond donors (Lipinski definition) is 1. The number of aromatic nitrogens is 2. The Morgan fingerprint density at radius 2 is 1.88 bits per heavy atom. The van der Waals surface area contributed by atoms with Gasteiger partial charge >= 0.3 is 0 Å². The van der Waals surface area contributed by atoms with E-state index < -0.39 is 0 Å². The third kappa shape index (κ3) is 3.05. The normalized spacial score (nSPS) is 16.6. The Labute approximate surface area is 146 Å². The maximum atomic E-state index is 12.6. The Morgan fingerprint density at radius 1 is 1.08 bits per heavy atom. The van der Waals surface area contributed by atoms with Gasteiger partial charge in [-0.2, -0.15) is 0 Å². The predicted octanol–water partition coefficient (Wildman–Crippen LogP) is 4.34. The molecule has 0 radical (unpaired) electrons. The van der Waals surface area contributed by atoms with Crippen LogP contribution in [0.5, 0.6) is 0 Å². The Bertz CT molecular complexity index is 915. The molecule has 1 atom stereocenters. The number of aryl methyl sites for hydroxylation is 2. The summed E-state index contributed by atoms with van der Waals surface area (Å²) in [5.74, 6) is 1.48. The zero-order chi connectivity index (χ0) is 17.4. The molecule has 1 unspecified atom stereocenters. The quantitative estimate of drug-likeness (QED) is 0.772. The highest BCUT2D eigenvalue weighted by Gasteiger charge is 2.31. The molecule has 0 saturated carbocycles. The van der Waals surface area contributed by atoms with E-state index in [9.17, 15) is 4.79 Å². The van der Waals surface area contributed by atoms with Crippen molar-refractivity contribution in [3.63, 3.8) is 0 Å². The Balaban J connectivity index is 1.66. The van der Waals surface area contributed by atoms with Crippen LogP contribution in [0.2, 0.25) is 0 Å². The number of carbonyl (C=O) groups excluding carboxylic acids is 1. The van der Waals surface area contributed by atoms with Gasteiger partial charge in [0.1, 0.15) is 5.76 Å². The summed E-state index contributed by atoms with van der Waals surface area (Å²) in [7, 11) is 0. The van der Waals surface area contributed by atoms with Crippen LogP contribution in [-0.4, -0.2) is 15.8 Å². The summed E-state index contributed by atoms with van der Waals surface area (Å²) in [6.07, 6.45) is 2.76. The Morgan fingerprint density at radius 3 is 2.60 bits per heavy atom. The van der Waals surface area contributed by atoms with E-state index in [1.54, 1.807) is 6.26 Å². The highest BCUT2D eigenvalue weighted by atomic mass is 16.3. The van der Waals surface area contributed by atoms with Crippen LogP contribution in [0.4, 0.5) is 11.6 Å². The number of carbonyl (C=O) groups is 1. The maximum absolute atomic E-state index is 12.6. The molecule has 5 heteroatoms. The van der Waals surface area contributed by atoms with Gasteiger partial charge in [0.25, 0.3) is 0 Å². The van der Waals surface area contributed by atoms with Crippen molar-refractivity contribution in [2.45, 2.75) is 32.6 Å². The van der Waals surface area contributed by atoms with E-state index >= 15 is 0 Å². The first-order valence-corrected chi connectivity index (χ1v) is 8.38. The number of benzene rings is 1. The molecule has 0 spiro atoms. The number of ketones is 1. The van der Waals surface area contributed by atoms with Gasteiger partial charge in [0.2, 0.25) is 5.95 Å². The van der Waals surface area contributed by atoms with E-state index in [0.717, 1.165) is 22.8 Å². The second-order valence-electron chi connectivity index (χ2n) is 6.49. The van der Waals surface area contributed by atoms with Gasteiger partial charge < -0.3 is 9.73 Å². The number of fused-ring (bicyclic) bond motifs is 1. The molecule has 0 fully saturated rings. The number of Topliss-reactive ketones (excluding diaryl/α,β-unsaturated/α-hetero) is 1. The summed E-state index contributed by atoms with van der Waals surface area (Å²) in [6, 6.07) is 11.8. The zero-order valence-corrected chi connectivity index (χ0v) is 14.2. The van der Waals surface area contributed by atoms with Crippen molar-refractivity contribution in [3.8, 4) is 0 Å². The smallest absolute Gasteiger partial charge is 0.227 e. The first kappa shape index (κ1) is 15.6. The minimum Gasteiger partial charge on any atom is -0.469 e. The van der Waals surface area contributed by atoms with Gasteiger partial charge in [-0.1, -0.05) is 17.7 Å². The van der Waals surface area contributed by atoms with Crippen LogP contribution < -0.4 is 5.32 Å². The second kappa shape index (κ2) is 6.16. The van der Waals surface area contributed by atoms with Crippen molar-refractivity contribution in [2.75, 3.05) is 5.32 Å². The standard InChI is InChI=1S/C20H19N3O2/c1-12-5-7-15(8-6-12)22-20-21-13(2)19-16(23-20)10-14(11-17(19)24)18-4-3-9-25-18/h3-9,14H,10-11H2,1-2H3,(H,21,22,23). The van der Waals surface area contributed by atoms with Crippen LogP contribution >= 0.6 is 0 Å². The molecule has 0 saturated heterocycles. The molecule has 0 amide bonds. The average Bonchev–Trinajstić information content (AvgIpc) is 3.11. The van der Waals surface area contributed by atoms with Crippen LogP contribution in [0.25, 0.3) is 0 Å². The molecule has 2 aromatic heterocycles. The monoisotopic (exact) mass is 333 g/mol. The molecule has 0 bridgehead atoms. The largest absolute Gasteiger partial charge is 0.469 e. The Kier molecular flexibility index (Phi) is 3.84. The van der Waals surface area contributed by atoms with E-state index in [0.29, 0.717) is 24.4 Å². The van der Waals surface area contributed by atoms with E-state index in [-0.39, 0.29) is 11.7 Å². The zero-order valence-electron chi connectivity index (χ0n) is 14.2. The number of nitrogens with zero attached hydrogens (tertiary/aromatic N) is 2. The summed E-state index contributed by atoms with van der Waals surface area (Å²) < 4.78 is 5.49. The van der Waals surface area contributed by atoms with Crippen LogP contribution in [0.1, 0.15) is 45.4 Å². The number of nitrogens with one attached hydrogen (secondary N) is 1. The molecule has 4 rings (SSSR count). The summed E-state index contributed by atoms with van der Waals surface area (Å²) in [4.78, 5) is 21.7. The fourth-order valence-corrected chi connectivity index (χ4v) is 3.32. The number of hydrogen-bond acceptors (Lipinski definition) is 5. The molecule has 1 aliphatic carbocycles. The SMILES string of the molecule is Cc1ccc(Nc2nc(C)c3c(n2)CC(c2ccco2)CC3=O)cc1. The lowest BCUT2D eigenvalue weighted by molar-refractivity contribution is 0.0958. The third-order valence-electron chi connectivity index (χ3n) is 4.57. The van der Waals surface area contributed by atoms with E-state index in [4.69, 9.17) is 4.42 Å². The minimum atomic E-state index is 0.0384. The van der Waals surface area contributed by atoms with Crippen molar-refractivity contribution in [1.82, 2.24) is 9.97 Å². The van der Waals surface area contributed by atoms with Gasteiger partial charge in [-0.15, -0.1) is 0 Å². The number of rotatable bonds is 3. The van der Waals surface area contributed by atoms with Gasteiger partial charge in [0, 0.05) is 24.4 Å². The predicted molar refractivity (Wildman–Crippen MR) is 95.3 cm³/mol. The van der Waals surface area contributed by atoms with Crippen LogP contribution in [0.3, 0.4) is 0 Å². The highest BCUT2D eigenvalue weighted by molar-refractivity contribution is 5.99. The topological polar surface area (TPSA) is 68.0 Å². The maximum Gasteiger partial charge on any atom is 0.227 e. The van der Waals surface area contributed by atoms with Crippen LogP contribution in [-0.2, 0) is 6.42 Å². The molecule has 1 aromatic carbocycles. The van der Waals surface area contributed by atoms with Gasteiger partial charge in [-0.05, 0) is 38.1 Å². The average molecular weight is 333 g/mol. The summed E-state index contributed by atoms with van der Waals surface area (Å²) in [5, 5.41) is 3.23. The third-order valence-corrected chi connectivity index (χ3v) is 4.57. The van der Waals surface area contributed by atoms with Crippen molar-refractivity contribution in [2.24, 2.45) is 0 Å². The summed E-state index contributed by atoms with van der Waals surface area (Å²) in [5.41, 5.74) is 4.30. The number of furan rings is 1. The first-order valence-electron chi connectivity index (χ1n) is 8.38. The minimum absolute atomic E-state index is 0.0384. The molecular formula is C20H19N3O2. The van der Waals surface area contributed by atoms with Crippen LogP contribution in [0.15, 0.2) is 47.1 Å². The van der Waals surface area contributed by atoms with E-state index in [1.165, 1.54) is 5.56 Å².